The summed E-state index contributed by atoms with van der Waals surface area (Å²) in [5.74, 6) is 2.46. The van der Waals surface area contributed by atoms with E-state index in [2.05, 4.69) is 10.5 Å². The maximum Gasteiger partial charge on any atom is 0.246 e. The number of nitrogens with zero attached hydrogens (tertiary/aromatic N) is 1. The van der Waals surface area contributed by atoms with Crippen LogP contribution in [0.5, 0.6) is 5.75 Å². The van der Waals surface area contributed by atoms with Crippen molar-refractivity contribution in [1.82, 2.24) is 5.43 Å². The zero-order valence-electron chi connectivity index (χ0n) is 14.8. The Morgan fingerprint density at radius 1 is 1.04 bits per heavy atom. The average Bonchev–Trinajstić information content (AvgIpc) is 2.62. The topological polar surface area (TPSA) is 61.7 Å². The predicted molar refractivity (Wildman–Crippen MR) is 102 cm³/mol. The van der Waals surface area contributed by atoms with E-state index in [1.54, 1.807) is 12.3 Å². The molecule has 4 saturated carbocycles. The molecule has 4 aliphatic carbocycles. The van der Waals surface area contributed by atoms with Gasteiger partial charge in [0.05, 0.1) is 11.6 Å². The molecular weight excluding hydrogens is 324 g/mol. The smallest absolute Gasteiger partial charge is 0.246 e. The third-order valence-electron chi connectivity index (χ3n) is 6.83. The first-order valence-corrected chi connectivity index (χ1v) is 9.67. The highest BCUT2D eigenvalue weighted by molar-refractivity contribution is 6.02. The molecular formula is C22H24N2O2. The van der Waals surface area contributed by atoms with Crippen molar-refractivity contribution in [3.05, 3.63) is 42.0 Å². The van der Waals surface area contributed by atoms with Gasteiger partial charge in [-0.05, 0) is 73.1 Å². The van der Waals surface area contributed by atoms with Gasteiger partial charge in [-0.2, -0.15) is 5.10 Å². The lowest BCUT2D eigenvalue weighted by atomic mass is 9.49. The van der Waals surface area contributed by atoms with Crippen molar-refractivity contribution >= 4 is 22.9 Å². The van der Waals surface area contributed by atoms with Gasteiger partial charge in [0.1, 0.15) is 5.75 Å². The molecule has 0 spiro atoms. The molecule has 0 heterocycles. The monoisotopic (exact) mass is 348 g/mol. The largest absolute Gasteiger partial charge is 0.507 e. The van der Waals surface area contributed by atoms with Gasteiger partial charge >= 0.3 is 0 Å². The van der Waals surface area contributed by atoms with E-state index in [9.17, 15) is 9.90 Å². The Bertz CT molecular complexity index is 867. The van der Waals surface area contributed by atoms with Crippen LogP contribution in [0.3, 0.4) is 0 Å². The van der Waals surface area contributed by atoms with E-state index >= 15 is 0 Å². The third kappa shape index (κ3) is 2.51. The van der Waals surface area contributed by atoms with Crippen LogP contribution in [0.15, 0.2) is 41.5 Å². The highest BCUT2D eigenvalue weighted by Crippen LogP contribution is 2.60. The fraction of sp³-hybridized carbons (Fsp3) is 0.455. The molecule has 0 radical (unpaired) electrons. The Hall–Kier alpha value is -2.36. The SMILES string of the molecule is O=C(N/N=C/c1c(O)ccc2ccccc12)C12CC3CC(CC(C3)C1)C2. The molecule has 4 heteroatoms. The summed E-state index contributed by atoms with van der Waals surface area (Å²) >= 11 is 0. The first-order valence-electron chi connectivity index (χ1n) is 9.67. The van der Waals surface area contributed by atoms with Crippen LogP contribution in [0, 0.1) is 23.2 Å². The maximum atomic E-state index is 12.9. The molecule has 4 aliphatic rings. The van der Waals surface area contributed by atoms with Gasteiger partial charge in [0.2, 0.25) is 5.91 Å². The van der Waals surface area contributed by atoms with Crippen LogP contribution >= 0.6 is 0 Å². The highest BCUT2D eigenvalue weighted by Gasteiger charge is 2.54. The molecule has 2 N–H and O–H groups in total. The Labute approximate surface area is 153 Å². The molecule has 26 heavy (non-hydrogen) atoms. The highest BCUT2D eigenvalue weighted by atomic mass is 16.3. The number of hydrogen-bond acceptors (Lipinski definition) is 3. The van der Waals surface area contributed by atoms with Crippen molar-refractivity contribution in [2.24, 2.45) is 28.3 Å². The zero-order chi connectivity index (χ0) is 17.7. The minimum Gasteiger partial charge on any atom is -0.507 e. The minimum atomic E-state index is -0.201. The first-order chi connectivity index (χ1) is 12.6. The lowest BCUT2D eigenvalue weighted by Crippen LogP contribution is -2.52. The van der Waals surface area contributed by atoms with Crippen molar-refractivity contribution in [2.75, 3.05) is 0 Å². The van der Waals surface area contributed by atoms with Crippen LogP contribution in [-0.4, -0.2) is 17.2 Å². The Kier molecular flexibility index (Phi) is 3.56. The van der Waals surface area contributed by atoms with Crippen molar-refractivity contribution in [1.29, 1.82) is 0 Å². The van der Waals surface area contributed by atoms with Crippen LogP contribution in [0.25, 0.3) is 10.8 Å². The summed E-state index contributed by atoms with van der Waals surface area (Å²) in [7, 11) is 0. The van der Waals surface area contributed by atoms with Gasteiger partial charge in [0.15, 0.2) is 0 Å². The normalized spacial score (nSPS) is 32.4. The summed E-state index contributed by atoms with van der Waals surface area (Å²) in [5, 5.41) is 16.4. The summed E-state index contributed by atoms with van der Waals surface area (Å²) in [6.45, 7) is 0. The molecule has 4 bridgehead atoms. The summed E-state index contributed by atoms with van der Waals surface area (Å²) in [6.07, 6.45) is 8.62. The second kappa shape index (κ2) is 5.83. The molecule has 0 atom stereocenters. The maximum absolute atomic E-state index is 12.9. The van der Waals surface area contributed by atoms with Gasteiger partial charge in [-0.25, -0.2) is 5.43 Å². The number of nitrogens with one attached hydrogen (secondary N) is 1. The molecule has 0 saturated heterocycles. The Balaban J connectivity index is 1.37. The van der Waals surface area contributed by atoms with Crippen LogP contribution < -0.4 is 5.43 Å². The molecule has 0 aliphatic heterocycles. The van der Waals surface area contributed by atoms with Crippen molar-refractivity contribution in [3.63, 3.8) is 0 Å². The molecule has 0 unspecified atom stereocenters. The van der Waals surface area contributed by atoms with Gasteiger partial charge in [0, 0.05) is 5.56 Å². The number of rotatable bonds is 3. The van der Waals surface area contributed by atoms with Gasteiger partial charge in [0.25, 0.3) is 0 Å². The number of aromatic hydroxyl groups is 1. The fourth-order valence-electron chi connectivity index (χ4n) is 6.08. The lowest BCUT2D eigenvalue weighted by molar-refractivity contribution is -0.146. The van der Waals surface area contributed by atoms with E-state index in [1.165, 1.54) is 19.3 Å². The number of fused-ring (bicyclic) bond motifs is 1. The fourth-order valence-corrected chi connectivity index (χ4v) is 6.08. The minimum absolute atomic E-state index is 0.0765. The summed E-state index contributed by atoms with van der Waals surface area (Å²) in [6, 6.07) is 11.4. The number of hydrazone groups is 1. The van der Waals surface area contributed by atoms with Crippen molar-refractivity contribution in [2.45, 2.75) is 38.5 Å². The van der Waals surface area contributed by atoms with Gasteiger partial charge in [-0.1, -0.05) is 30.3 Å². The van der Waals surface area contributed by atoms with Crippen LogP contribution in [0.1, 0.15) is 44.1 Å². The first kappa shape index (κ1) is 15.9. The van der Waals surface area contributed by atoms with Gasteiger partial charge in [-0.3, -0.25) is 4.79 Å². The van der Waals surface area contributed by atoms with Crippen LogP contribution in [0.4, 0.5) is 0 Å². The summed E-state index contributed by atoms with van der Waals surface area (Å²) < 4.78 is 0. The van der Waals surface area contributed by atoms with E-state index < -0.39 is 0 Å². The Morgan fingerprint density at radius 3 is 2.38 bits per heavy atom. The number of benzene rings is 2. The van der Waals surface area contributed by atoms with Gasteiger partial charge in [-0.15, -0.1) is 0 Å². The van der Waals surface area contributed by atoms with E-state index in [0.717, 1.165) is 47.8 Å². The van der Waals surface area contributed by atoms with E-state index in [-0.39, 0.29) is 17.1 Å². The van der Waals surface area contributed by atoms with Gasteiger partial charge < -0.3 is 5.11 Å². The number of phenols is 1. The number of amides is 1. The lowest BCUT2D eigenvalue weighted by Gasteiger charge is -2.55. The van der Waals surface area contributed by atoms with E-state index in [4.69, 9.17) is 0 Å². The van der Waals surface area contributed by atoms with Crippen LogP contribution in [0.2, 0.25) is 0 Å². The van der Waals surface area contributed by atoms with E-state index in [1.807, 2.05) is 30.3 Å². The van der Waals surface area contributed by atoms with Crippen molar-refractivity contribution < 1.29 is 9.90 Å². The zero-order valence-corrected chi connectivity index (χ0v) is 14.8. The van der Waals surface area contributed by atoms with Crippen molar-refractivity contribution in [3.8, 4) is 5.75 Å². The van der Waals surface area contributed by atoms with E-state index in [0.29, 0.717) is 5.56 Å². The molecule has 134 valence electrons. The number of phenolic OH excluding ortho intramolecular Hbond substituents is 1. The average molecular weight is 348 g/mol. The summed E-state index contributed by atoms with van der Waals surface area (Å²) in [4.78, 5) is 12.9. The predicted octanol–water partition coefficient (Wildman–Crippen LogP) is 4.21. The molecule has 0 aromatic heterocycles. The molecule has 4 fully saturated rings. The summed E-state index contributed by atoms with van der Waals surface area (Å²) in [5.41, 5.74) is 3.25. The second-order valence-electron chi connectivity index (χ2n) is 8.62. The molecule has 6 rings (SSSR count). The third-order valence-corrected chi connectivity index (χ3v) is 6.83. The Morgan fingerprint density at radius 2 is 1.69 bits per heavy atom. The van der Waals surface area contributed by atoms with Crippen LogP contribution in [-0.2, 0) is 4.79 Å². The number of carbonyl (C=O) groups is 1. The number of carbonyl (C=O) groups excluding carboxylic acids is 1. The number of hydrogen-bond donors (Lipinski definition) is 2. The second-order valence-corrected chi connectivity index (χ2v) is 8.62. The molecule has 2 aromatic rings. The molecule has 1 amide bonds. The molecule has 4 nitrogen and oxygen atoms in total. The quantitative estimate of drug-likeness (QED) is 0.645. The molecule has 2 aromatic carbocycles. The standard InChI is InChI=1S/C22H24N2O2/c25-20-6-5-17-3-1-2-4-18(17)19(20)13-23-24-21(26)22-10-14-7-15(11-22)9-16(8-14)12-22/h1-6,13-16,25H,7-12H2,(H,24,26)/b23-13+.